The highest BCUT2D eigenvalue weighted by molar-refractivity contribution is 5.66. The van der Waals surface area contributed by atoms with Gasteiger partial charge in [0.2, 0.25) is 0 Å². The van der Waals surface area contributed by atoms with Crippen LogP contribution < -0.4 is 5.90 Å². The van der Waals surface area contributed by atoms with E-state index < -0.39 is 5.97 Å². The highest BCUT2D eigenvalue weighted by atomic mass is 16.6. The van der Waals surface area contributed by atoms with E-state index in [1.54, 1.807) is 0 Å². The Kier molecular flexibility index (Phi) is 5.85. The van der Waals surface area contributed by atoms with Crippen LogP contribution in [0.1, 0.15) is 59.3 Å². The first kappa shape index (κ1) is 16.0. The van der Waals surface area contributed by atoms with Crippen molar-refractivity contribution in [3.8, 4) is 0 Å². The second-order valence-electron chi connectivity index (χ2n) is 6.81. The lowest BCUT2D eigenvalue weighted by atomic mass is 9.67. The average molecular weight is 269 g/mol. The Morgan fingerprint density at radius 3 is 2.53 bits per heavy atom. The van der Waals surface area contributed by atoms with Gasteiger partial charge in [-0.05, 0) is 49.5 Å². The van der Waals surface area contributed by atoms with E-state index in [-0.39, 0.29) is 6.42 Å². The molecule has 0 unspecified atom stereocenters. The average Bonchev–Trinajstić information content (AvgIpc) is 2.22. The Bertz CT molecular complexity index is 325. The maximum absolute atomic E-state index is 10.4. The van der Waals surface area contributed by atoms with Crippen molar-refractivity contribution >= 4 is 5.97 Å². The lowest BCUT2D eigenvalue weighted by Gasteiger charge is -2.39. The number of carboxylic acids is 1. The smallest absolute Gasteiger partial charge is 0.303 e. The predicted molar refractivity (Wildman–Crippen MR) is 75.1 cm³/mol. The molecule has 0 aliphatic heterocycles. The van der Waals surface area contributed by atoms with Gasteiger partial charge in [0.1, 0.15) is 5.76 Å². The highest BCUT2D eigenvalue weighted by Crippen LogP contribution is 2.44. The number of aliphatic carboxylic acids is 1. The number of unbranched alkanes of at least 4 members (excludes halogenated alkanes) is 1. The van der Waals surface area contributed by atoms with Crippen molar-refractivity contribution < 1.29 is 14.7 Å². The third-order valence-electron chi connectivity index (χ3n) is 3.62. The lowest BCUT2D eigenvalue weighted by Crippen LogP contribution is -2.30. The SMILES string of the molecule is CC(C)(C)C[C@H]1C[C@@H](/C(=C/CCCC(=O)O)ON)C1. The number of rotatable bonds is 7. The molecule has 4 nitrogen and oxygen atoms in total. The molecule has 19 heavy (non-hydrogen) atoms. The summed E-state index contributed by atoms with van der Waals surface area (Å²) in [4.78, 5) is 15.4. The van der Waals surface area contributed by atoms with Crippen LogP contribution in [-0.2, 0) is 9.63 Å². The molecule has 0 amide bonds. The standard InChI is InChI=1S/C15H27NO3/c1-15(2,3)10-11-8-12(9-11)13(19-16)6-4-5-7-14(17)18/h6,11-12H,4-5,7-10,16H2,1-3H3,(H,17,18)/b13-6-/t11-,12+. The second-order valence-corrected chi connectivity index (χ2v) is 6.81. The summed E-state index contributed by atoms with van der Waals surface area (Å²) in [6.07, 6.45) is 7.03. The zero-order valence-corrected chi connectivity index (χ0v) is 12.3. The molecule has 1 fully saturated rings. The van der Waals surface area contributed by atoms with Crippen molar-refractivity contribution in [2.75, 3.05) is 0 Å². The molecule has 0 atom stereocenters. The zero-order valence-electron chi connectivity index (χ0n) is 12.3. The monoisotopic (exact) mass is 269 g/mol. The molecule has 0 aromatic rings. The maximum Gasteiger partial charge on any atom is 0.303 e. The molecule has 0 bridgehead atoms. The summed E-state index contributed by atoms with van der Waals surface area (Å²) < 4.78 is 0. The molecule has 1 aliphatic rings. The molecule has 110 valence electrons. The van der Waals surface area contributed by atoms with E-state index >= 15 is 0 Å². The lowest BCUT2D eigenvalue weighted by molar-refractivity contribution is -0.137. The van der Waals surface area contributed by atoms with E-state index in [0.717, 1.165) is 30.9 Å². The number of carboxylic acid groups (broad SMARTS) is 1. The largest absolute Gasteiger partial charge is 0.481 e. The minimum Gasteiger partial charge on any atom is -0.481 e. The van der Waals surface area contributed by atoms with Gasteiger partial charge in [-0.2, -0.15) is 5.90 Å². The third-order valence-corrected chi connectivity index (χ3v) is 3.62. The number of nitrogens with two attached hydrogens (primary N) is 1. The van der Waals surface area contributed by atoms with Crippen molar-refractivity contribution in [3.63, 3.8) is 0 Å². The first-order valence-electron chi connectivity index (χ1n) is 7.10. The van der Waals surface area contributed by atoms with Crippen LogP contribution >= 0.6 is 0 Å². The van der Waals surface area contributed by atoms with E-state index in [9.17, 15) is 4.79 Å². The molecule has 0 aromatic carbocycles. The number of hydrogen-bond donors (Lipinski definition) is 2. The van der Waals surface area contributed by atoms with Gasteiger partial charge >= 0.3 is 5.97 Å². The molecule has 3 N–H and O–H groups in total. The topological polar surface area (TPSA) is 72.5 Å². The number of carbonyl (C=O) groups is 1. The summed E-state index contributed by atoms with van der Waals surface area (Å²) in [7, 11) is 0. The fourth-order valence-corrected chi connectivity index (χ4v) is 2.81. The van der Waals surface area contributed by atoms with Gasteiger partial charge in [-0.25, -0.2) is 0 Å². The van der Waals surface area contributed by atoms with Crippen LogP contribution in [0.3, 0.4) is 0 Å². The van der Waals surface area contributed by atoms with Gasteiger partial charge in [0.25, 0.3) is 0 Å². The first-order chi connectivity index (χ1) is 8.81. The van der Waals surface area contributed by atoms with Crippen molar-refractivity contribution in [2.24, 2.45) is 23.1 Å². The van der Waals surface area contributed by atoms with Crippen molar-refractivity contribution in [1.82, 2.24) is 0 Å². The Labute approximate surface area is 116 Å². The van der Waals surface area contributed by atoms with E-state index in [2.05, 4.69) is 20.8 Å². The summed E-state index contributed by atoms with van der Waals surface area (Å²) in [5, 5.41) is 8.57. The molecular formula is C15H27NO3. The molecule has 1 aliphatic carbocycles. The molecule has 0 aromatic heterocycles. The van der Waals surface area contributed by atoms with Crippen LogP contribution in [0.15, 0.2) is 11.8 Å². The van der Waals surface area contributed by atoms with Crippen LogP contribution in [0.25, 0.3) is 0 Å². The predicted octanol–water partition coefficient (Wildman–Crippen LogP) is 3.48. The quantitative estimate of drug-likeness (QED) is 0.421. The van der Waals surface area contributed by atoms with Gasteiger partial charge in [0, 0.05) is 12.3 Å². The van der Waals surface area contributed by atoms with Crippen LogP contribution in [0, 0.1) is 17.3 Å². The number of hydrogen-bond acceptors (Lipinski definition) is 3. The normalized spacial score (nSPS) is 23.9. The molecular weight excluding hydrogens is 242 g/mol. The molecule has 1 rings (SSSR count). The minimum absolute atomic E-state index is 0.200. The summed E-state index contributed by atoms with van der Waals surface area (Å²) in [6.45, 7) is 6.80. The van der Waals surface area contributed by atoms with Crippen LogP contribution in [0.4, 0.5) is 0 Å². The summed E-state index contributed by atoms with van der Waals surface area (Å²) in [5.74, 6) is 6.60. The first-order valence-corrected chi connectivity index (χ1v) is 7.10. The minimum atomic E-state index is -0.752. The van der Waals surface area contributed by atoms with E-state index in [1.165, 1.54) is 6.42 Å². The molecule has 0 spiro atoms. The van der Waals surface area contributed by atoms with Gasteiger partial charge in [0.15, 0.2) is 0 Å². The fourth-order valence-electron chi connectivity index (χ4n) is 2.81. The zero-order chi connectivity index (χ0) is 14.5. The van der Waals surface area contributed by atoms with Crippen molar-refractivity contribution in [2.45, 2.75) is 59.3 Å². The van der Waals surface area contributed by atoms with Crippen molar-refractivity contribution in [3.05, 3.63) is 11.8 Å². The van der Waals surface area contributed by atoms with Gasteiger partial charge in [-0.15, -0.1) is 0 Å². The molecule has 1 saturated carbocycles. The van der Waals surface area contributed by atoms with Crippen LogP contribution in [0.5, 0.6) is 0 Å². The molecule has 0 heterocycles. The van der Waals surface area contributed by atoms with Crippen molar-refractivity contribution in [1.29, 1.82) is 0 Å². The second kappa shape index (κ2) is 6.94. The summed E-state index contributed by atoms with van der Waals surface area (Å²) in [5.41, 5.74) is 0.380. The molecule has 0 saturated heterocycles. The van der Waals surface area contributed by atoms with E-state index in [4.69, 9.17) is 15.8 Å². The highest BCUT2D eigenvalue weighted by Gasteiger charge is 2.34. The fraction of sp³-hybridized carbons (Fsp3) is 0.800. The number of allylic oxidation sites excluding steroid dienone is 2. The van der Waals surface area contributed by atoms with E-state index in [0.29, 0.717) is 17.8 Å². The summed E-state index contributed by atoms with van der Waals surface area (Å²) in [6, 6.07) is 0. The van der Waals surface area contributed by atoms with Gasteiger partial charge in [-0.3, -0.25) is 4.79 Å². The molecule has 4 heteroatoms. The maximum atomic E-state index is 10.4. The van der Waals surface area contributed by atoms with Crippen LogP contribution in [0.2, 0.25) is 0 Å². The van der Waals surface area contributed by atoms with Crippen LogP contribution in [-0.4, -0.2) is 11.1 Å². The Hall–Kier alpha value is -1.03. The van der Waals surface area contributed by atoms with Gasteiger partial charge in [0.05, 0.1) is 0 Å². The van der Waals surface area contributed by atoms with Gasteiger partial charge < -0.3 is 9.94 Å². The third kappa shape index (κ3) is 6.10. The Morgan fingerprint density at radius 1 is 1.42 bits per heavy atom. The summed E-state index contributed by atoms with van der Waals surface area (Å²) >= 11 is 0. The van der Waals surface area contributed by atoms with Gasteiger partial charge in [-0.1, -0.05) is 20.8 Å². The van der Waals surface area contributed by atoms with E-state index in [1.807, 2.05) is 6.08 Å². The molecule has 0 radical (unpaired) electrons. The Morgan fingerprint density at radius 2 is 2.05 bits per heavy atom. The Balaban J connectivity index is 2.30.